The van der Waals surface area contributed by atoms with Gasteiger partial charge in [-0.2, -0.15) is 0 Å². The van der Waals surface area contributed by atoms with Crippen molar-refractivity contribution in [3.8, 4) is 11.5 Å². The normalized spacial score (nSPS) is 15.9. The van der Waals surface area contributed by atoms with Gasteiger partial charge in [-0.05, 0) is 49.7 Å². The molecule has 0 aliphatic carbocycles. The summed E-state index contributed by atoms with van der Waals surface area (Å²) < 4.78 is 5.35. The second-order valence-corrected chi connectivity index (χ2v) is 7.58. The summed E-state index contributed by atoms with van der Waals surface area (Å²) in [6, 6.07) is 10.6. The molecule has 3 N–H and O–H groups in total. The Balaban J connectivity index is 1.60. The summed E-state index contributed by atoms with van der Waals surface area (Å²) in [5, 5.41) is 13.0. The van der Waals surface area contributed by atoms with Crippen LogP contribution in [-0.4, -0.2) is 50.3 Å². The second-order valence-electron chi connectivity index (χ2n) is 7.17. The Morgan fingerprint density at radius 3 is 2.50 bits per heavy atom. The van der Waals surface area contributed by atoms with Gasteiger partial charge in [0, 0.05) is 16.8 Å². The lowest BCUT2D eigenvalue weighted by Crippen LogP contribution is -3.19. The van der Waals surface area contributed by atoms with Gasteiger partial charge in [-0.1, -0.05) is 11.6 Å². The molecule has 7 heteroatoms. The smallest absolute Gasteiger partial charge is 0.282 e. The van der Waals surface area contributed by atoms with Gasteiger partial charge in [0.2, 0.25) is 0 Å². The summed E-state index contributed by atoms with van der Waals surface area (Å²) in [6.45, 7) is 7.31. The fraction of sp³-hybridized carbons (Fsp3) is 0.381. The monoisotopic (exact) mass is 404 g/mol. The molecule has 1 amide bonds. The lowest BCUT2D eigenvalue weighted by molar-refractivity contribution is -0.914. The van der Waals surface area contributed by atoms with Crippen LogP contribution in [0, 0.1) is 6.92 Å². The molecule has 1 aliphatic heterocycles. The molecule has 6 nitrogen and oxygen atoms in total. The summed E-state index contributed by atoms with van der Waals surface area (Å²) in [5.41, 5.74) is 2.62. The van der Waals surface area contributed by atoms with Crippen LogP contribution in [0.4, 0.5) is 11.4 Å². The first-order chi connectivity index (χ1) is 13.4. The highest BCUT2D eigenvalue weighted by Crippen LogP contribution is 2.31. The number of methoxy groups -OCH3 is 1. The van der Waals surface area contributed by atoms with Gasteiger partial charge in [0.1, 0.15) is 11.5 Å². The maximum absolute atomic E-state index is 12.8. The average Bonchev–Trinajstić information content (AvgIpc) is 2.70. The van der Waals surface area contributed by atoms with E-state index >= 15 is 0 Å². The first-order valence-electron chi connectivity index (χ1n) is 9.42. The lowest BCUT2D eigenvalue weighted by atomic mass is 10.1. The van der Waals surface area contributed by atoms with Crippen LogP contribution >= 0.6 is 11.6 Å². The number of quaternary nitrogens is 1. The lowest BCUT2D eigenvalue weighted by Gasteiger charge is -2.36. The minimum absolute atomic E-state index is 0.0342. The first-order valence-corrected chi connectivity index (χ1v) is 9.80. The predicted molar refractivity (Wildman–Crippen MR) is 112 cm³/mol. The number of aryl methyl sites for hydroxylation is 1. The van der Waals surface area contributed by atoms with Gasteiger partial charge in [-0.3, -0.25) is 4.79 Å². The van der Waals surface area contributed by atoms with E-state index in [0.29, 0.717) is 16.5 Å². The van der Waals surface area contributed by atoms with Crippen molar-refractivity contribution in [3.63, 3.8) is 0 Å². The number of nitrogens with one attached hydrogen (secondary N) is 2. The molecule has 28 heavy (non-hydrogen) atoms. The van der Waals surface area contributed by atoms with E-state index < -0.39 is 0 Å². The van der Waals surface area contributed by atoms with Crippen LogP contribution in [0.25, 0.3) is 0 Å². The van der Waals surface area contributed by atoms with Gasteiger partial charge in [0.05, 0.1) is 39.0 Å². The number of anilines is 2. The van der Waals surface area contributed by atoms with Crippen LogP contribution in [0.1, 0.15) is 12.5 Å². The van der Waals surface area contributed by atoms with Gasteiger partial charge < -0.3 is 25.0 Å². The van der Waals surface area contributed by atoms with E-state index in [9.17, 15) is 9.90 Å². The van der Waals surface area contributed by atoms with Crippen LogP contribution in [-0.2, 0) is 4.79 Å². The first kappa shape index (κ1) is 20.3. The van der Waals surface area contributed by atoms with E-state index in [1.54, 1.807) is 25.3 Å². The number of phenolic OH excluding ortho intramolecular Hbond substituents is 1. The van der Waals surface area contributed by atoms with Crippen LogP contribution in [0.3, 0.4) is 0 Å². The van der Waals surface area contributed by atoms with Gasteiger partial charge >= 0.3 is 0 Å². The van der Waals surface area contributed by atoms with E-state index in [2.05, 4.69) is 10.2 Å². The van der Waals surface area contributed by atoms with E-state index in [1.807, 2.05) is 32.0 Å². The molecule has 1 aliphatic rings. The molecule has 0 bridgehead atoms. The van der Waals surface area contributed by atoms with Crippen LogP contribution in [0.2, 0.25) is 5.02 Å². The zero-order valence-corrected chi connectivity index (χ0v) is 17.2. The van der Waals surface area contributed by atoms with Crippen molar-refractivity contribution < 1.29 is 19.5 Å². The number of hydrogen-bond acceptors (Lipinski definition) is 4. The van der Waals surface area contributed by atoms with Gasteiger partial charge in [-0.25, -0.2) is 0 Å². The molecule has 3 rings (SSSR count). The molecule has 0 unspecified atom stereocenters. The molecule has 0 radical (unpaired) electrons. The van der Waals surface area contributed by atoms with Crippen molar-refractivity contribution >= 4 is 28.9 Å². The van der Waals surface area contributed by atoms with Crippen molar-refractivity contribution in [1.29, 1.82) is 0 Å². The number of piperazine rings is 1. The molecule has 2 aromatic carbocycles. The van der Waals surface area contributed by atoms with Gasteiger partial charge in [0.25, 0.3) is 5.91 Å². The molecular formula is C21H27ClN3O3+. The van der Waals surface area contributed by atoms with Crippen LogP contribution in [0.5, 0.6) is 11.5 Å². The van der Waals surface area contributed by atoms with E-state index in [-0.39, 0.29) is 17.7 Å². The third-order valence-electron chi connectivity index (χ3n) is 5.36. The molecule has 0 aromatic heterocycles. The number of nitrogens with zero attached hydrogens (tertiary/aromatic N) is 1. The highest BCUT2D eigenvalue weighted by Gasteiger charge is 2.29. The number of carbonyl (C=O) groups excluding carboxylic acids is 1. The summed E-state index contributed by atoms with van der Waals surface area (Å²) in [5.74, 6) is 0.794. The molecule has 1 heterocycles. The second kappa shape index (κ2) is 8.71. The molecule has 1 atom stereocenters. The summed E-state index contributed by atoms with van der Waals surface area (Å²) in [4.78, 5) is 16.3. The topological polar surface area (TPSA) is 66.2 Å². The van der Waals surface area contributed by atoms with Crippen molar-refractivity contribution in [2.24, 2.45) is 0 Å². The molecule has 0 spiro atoms. The summed E-state index contributed by atoms with van der Waals surface area (Å²) in [7, 11) is 1.56. The zero-order valence-electron chi connectivity index (χ0n) is 16.5. The molecule has 0 saturated carbocycles. The SMILES string of the molecule is COc1cc(Cl)c(C)cc1NC(=O)[C@H](C)[NH+]1CCN(c2ccc(O)cc2)CC1. The number of benzene rings is 2. The Kier molecular flexibility index (Phi) is 6.31. The number of hydrogen-bond donors (Lipinski definition) is 3. The molecule has 2 aromatic rings. The minimum atomic E-state index is -0.178. The number of amides is 1. The highest BCUT2D eigenvalue weighted by molar-refractivity contribution is 6.31. The van der Waals surface area contributed by atoms with Gasteiger partial charge in [-0.15, -0.1) is 0 Å². The number of aromatic hydroxyl groups is 1. The number of halogens is 1. The number of phenols is 1. The zero-order chi connectivity index (χ0) is 20.3. The number of rotatable bonds is 5. The number of ether oxygens (including phenoxy) is 1. The van der Waals surface area contributed by atoms with E-state index in [0.717, 1.165) is 37.4 Å². The maximum atomic E-state index is 12.8. The Hall–Kier alpha value is -2.44. The van der Waals surface area contributed by atoms with Gasteiger partial charge in [0.15, 0.2) is 6.04 Å². The minimum Gasteiger partial charge on any atom is -0.508 e. The third-order valence-corrected chi connectivity index (χ3v) is 5.77. The fourth-order valence-corrected chi connectivity index (χ4v) is 3.66. The van der Waals surface area contributed by atoms with Crippen molar-refractivity contribution in [3.05, 3.63) is 47.0 Å². The maximum Gasteiger partial charge on any atom is 0.282 e. The van der Waals surface area contributed by atoms with Crippen molar-refractivity contribution in [2.75, 3.05) is 43.5 Å². The molecule has 1 saturated heterocycles. The fourth-order valence-electron chi connectivity index (χ4n) is 3.50. The largest absolute Gasteiger partial charge is 0.508 e. The summed E-state index contributed by atoms with van der Waals surface area (Å²) >= 11 is 6.14. The average molecular weight is 405 g/mol. The third kappa shape index (κ3) is 4.51. The Labute approximate surface area is 170 Å². The molecule has 150 valence electrons. The summed E-state index contributed by atoms with van der Waals surface area (Å²) in [6.07, 6.45) is 0. The highest BCUT2D eigenvalue weighted by atomic mass is 35.5. The predicted octanol–water partition coefficient (Wildman–Crippen LogP) is 2.09. The van der Waals surface area contributed by atoms with E-state index in [4.69, 9.17) is 16.3 Å². The Bertz CT molecular complexity index is 834. The Morgan fingerprint density at radius 2 is 1.89 bits per heavy atom. The molecular weight excluding hydrogens is 378 g/mol. The Morgan fingerprint density at radius 1 is 1.25 bits per heavy atom. The van der Waals surface area contributed by atoms with E-state index in [1.165, 1.54) is 4.90 Å². The number of carbonyl (C=O) groups is 1. The quantitative estimate of drug-likeness (QED) is 0.714. The molecule has 1 fully saturated rings. The van der Waals surface area contributed by atoms with Crippen molar-refractivity contribution in [2.45, 2.75) is 19.9 Å². The van der Waals surface area contributed by atoms with Crippen molar-refractivity contribution in [1.82, 2.24) is 0 Å². The van der Waals surface area contributed by atoms with Crippen LogP contribution < -0.4 is 19.9 Å². The standard InChI is InChI=1S/C21H26ClN3O3/c1-14-12-19(20(28-3)13-18(14)22)23-21(27)15(2)24-8-10-25(11-9-24)16-4-6-17(26)7-5-16/h4-7,12-13,15,26H,8-11H2,1-3H3,(H,23,27)/p+1/t15-/m0/s1. The van der Waals surface area contributed by atoms with Crippen LogP contribution in [0.15, 0.2) is 36.4 Å².